The second-order valence-electron chi connectivity index (χ2n) is 5.81. The molecule has 2 heterocycles. The van der Waals surface area contributed by atoms with E-state index in [4.69, 9.17) is 9.78 Å². The molecule has 5 nitrogen and oxygen atoms in total. The Morgan fingerprint density at radius 1 is 1.41 bits per heavy atom. The van der Waals surface area contributed by atoms with Crippen LogP contribution in [0.3, 0.4) is 0 Å². The Kier molecular flexibility index (Phi) is 4.86. The lowest BCUT2D eigenvalue weighted by molar-refractivity contribution is 0.329. The fourth-order valence-electron chi connectivity index (χ4n) is 2.82. The molecular formula is C16H20N4OS. The minimum atomic E-state index is 0.0116. The van der Waals surface area contributed by atoms with Crippen molar-refractivity contribution in [2.45, 2.75) is 57.5 Å². The summed E-state index contributed by atoms with van der Waals surface area (Å²) in [6.07, 6.45) is 6.20. The predicted octanol–water partition coefficient (Wildman–Crippen LogP) is 3.90. The topological polar surface area (TPSA) is 74.7 Å². The summed E-state index contributed by atoms with van der Waals surface area (Å²) in [6, 6.07) is 5.99. The minimum Gasteiger partial charge on any atom is -0.338 e. The van der Waals surface area contributed by atoms with Gasteiger partial charge < -0.3 is 9.84 Å². The van der Waals surface area contributed by atoms with Gasteiger partial charge >= 0.3 is 0 Å². The molecule has 1 unspecified atom stereocenters. The smallest absolute Gasteiger partial charge is 0.243 e. The van der Waals surface area contributed by atoms with E-state index in [2.05, 4.69) is 21.5 Å². The molecule has 6 heteroatoms. The molecule has 1 saturated carbocycles. The Morgan fingerprint density at radius 2 is 2.23 bits per heavy atom. The summed E-state index contributed by atoms with van der Waals surface area (Å²) in [5.41, 5.74) is 0. The van der Waals surface area contributed by atoms with Crippen molar-refractivity contribution in [1.82, 2.24) is 15.5 Å². The zero-order valence-corrected chi connectivity index (χ0v) is 13.5. The van der Waals surface area contributed by atoms with Gasteiger partial charge in [0.05, 0.1) is 6.04 Å². The molecule has 0 aliphatic heterocycles. The molecule has 2 aromatic rings. The molecule has 0 amide bonds. The molecule has 116 valence electrons. The first-order valence-corrected chi connectivity index (χ1v) is 8.63. The molecule has 0 aromatic carbocycles. The number of thiophene rings is 1. The van der Waals surface area contributed by atoms with Gasteiger partial charge in [0, 0.05) is 17.3 Å². The highest BCUT2D eigenvalue weighted by molar-refractivity contribution is 7.12. The Balaban J connectivity index is 1.56. The zero-order valence-electron chi connectivity index (χ0n) is 12.7. The monoisotopic (exact) mass is 316 g/mol. The van der Waals surface area contributed by atoms with Crippen molar-refractivity contribution in [3.05, 3.63) is 33.6 Å². The van der Waals surface area contributed by atoms with Gasteiger partial charge in [0.15, 0.2) is 5.82 Å². The number of nitrogens with one attached hydrogen (secondary N) is 1. The number of rotatable bonds is 5. The highest BCUT2D eigenvalue weighted by Crippen LogP contribution is 2.31. The van der Waals surface area contributed by atoms with Crippen LogP contribution in [0.15, 0.2) is 16.7 Å². The number of hydrogen-bond acceptors (Lipinski definition) is 6. The van der Waals surface area contributed by atoms with Gasteiger partial charge in [-0.15, -0.1) is 11.3 Å². The van der Waals surface area contributed by atoms with E-state index in [0.717, 1.165) is 15.6 Å². The van der Waals surface area contributed by atoms with Gasteiger partial charge in [-0.3, -0.25) is 0 Å². The zero-order chi connectivity index (χ0) is 15.4. The predicted molar refractivity (Wildman–Crippen MR) is 84.4 cm³/mol. The van der Waals surface area contributed by atoms with Crippen molar-refractivity contribution in [2.24, 2.45) is 0 Å². The molecule has 22 heavy (non-hydrogen) atoms. The normalized spacial score (nSPS) is 17.3. The average molecular weight is 316 g/mol. The lowest BCUT2D eigenvalue weighted by atomic mass is 9.89. The van der Waals surface area contributed by atoms with Crippen molar-refractivity contribution < 1.29 is 4.52 Å². The van der Waals surface area contributed by atoms with Crippen molar-refractivity contribution >= 4 is 11.3 Å². The maximum atomic E-state index is 8.84. The molecule has 1 aliphatic rings. The first kappa shape index (κ1) is 15.2. The summed E-state index contributed by atoms with van der Waals surface area (Å²) in [6.45, 7) is 2.73. The Hall–Kier alpha value is -1.71. The molecule has 0 radical (unpaired) electrons. The van der Waals surface area contributed by atoms with Crippen molar-refractivity contribution in [3.63, 3.8) is 0 Å². The van der Waals surface area contributed by atoms with Crippen LogP contribution in [0.25, 0.3) is 0 Å². The molecule has 1 aliphatic carbocycles. The molecule has 1 atom stereocenters. The highest BCUT2D eigenvalue weighted by Gasteiger charge is 2.22. The minimum absolute atomic E-state index is 0.0116. The third-order valence-corrected chi connectivity index (χ3v) is 5.14. The van der Waals surface area contributed by atoms with Crippen molar-refractivity contribution in [1.29, 1.82) is 5.26 Å². The fourth-order valence-corrected chi connectivity index (χ4v) is 3.58. The van der Waals surface area contributed by atoms with Crippen LogP contribution in [-0.4, -0.2) is 10.1 Å². The van der Waals surface area contributed by atoms with Crippen LogP contribution in [0, 0.1) is 11.3 Å². The second-order valence-corrected chi connectivity index (χ2v) is 6.97. The summed E-state index contributed by atoms with van der Waals surface area (Å²) in [5.74, 6) is 1.98. The molecular weight excluding hydrogens is 296 g/mol. The van der Waals surface area contributed by atoms with E-state index in [0.29, 0.717) is 18.4 Å². The Bertz CT molecular complexity index is 651. The molecule has 0 spiro atoms. The molecule has 1 N–H and O–H groups in total. The van der Waals surface area contributed by atoms with E-state index in [1.165, 1.54) is 43.4 Å². The summed E-state index contributed by atoms with van der Waals surface area (Å²) in [4.78, 5) is 6.45. The summed E-state index contributed by atoms with van der Waals surface area (Å²) in [5, 5.41) is 16.4. The maximum Gasteiger partial charge on any atom is 0.243 e. The van der Waals surface area contributed by atoms with Crippen LogP contribution in [0.5, 0.6) is 0 Å². The van der Waals surface area contributed by atoms with E-state index < -0.39 is 0 Å². The van der Waals surface area contributed by atoms with Gasteiger partial charge in [0.2, 0.25) is 5.89 Å². The fraction of sp³-hybridized carbons (Fsp3) is 0.562. The summed E-state index contributed by atoms with van der Waals surface area (Å²) < 4.78 is 5.42. The molecule has 0 bridgehead atoms. The SMILES string of the molecule is CC(NCc1ccc(C#N)s1)c1nc(C2CCCCC2)no1. The van der Waals surface area contributed by atoms with Crippen molar-refractivity contribution in [2.75, 3.05) is 0 Å². The maximum absolute atomic E-state index is 8.84. The average Bonchev–Trinajstić information content (AvgIpc) is 3.22. The van der Waals surface area contributed by atoms with E-state index >= 15 is 0 Å². The quantitative estimate of drug-likeness (QED) is 0.905. The Morgan fingerprint density at radius 3 is 2.95 bits per heavy atom. The van der Waals surface area contributed by atoms with Crippen LogP contribution >= 0.6 is 11.3 Å². The Labute approximate surface area is 134 Å². The van der Waals surface area contributed by atoms with Gasteiger partial charge in [-0.25, -0.2) is 0 Å². The molecule has 1 fully saturated rings. The second kappa shape index (κ2) is 7.03. The lowest BCUT2D eigenvalue weighted by Gasteiger charge is -2.17. The van der Waals surface area contributed by atoms with E-state index in [9.17, 15) is 0 Å². The van der Waals surface area contributed by atoms with Gasteiger partial charge in [-0.05, 0) is 31.9 Å². The molecule has 2 aromatic heterocycles. The first-order valence-electron chi connectivity index (χ1n) is 7.82. The third-order valence-electron chi connectivity index (χ3n) is 4.15. The number of nitrogens with zero attached hydrogens (tertiary/aromatic N) is 3. The van der Waals surface area contributed by atoms with Gasteiger partial charge in [-0.1, -0.05) is 24.4 Å². The van der Waals surface area contributed by atoms with Crippen molar-refractivity contribution in [3.8, 4) is 6.07 Å². The van der Waals surface area contributed by atoms with Gasteiger partial charge in [-0.2, -0.15) is 10.2 Å². The van der Waals surface area contributed by atoms with Gasteiger partial charge in [0.1, 0.15) is 10.9 Å². The summed E-state index contributed by atoms with van der Waals surface area (Å²) >= 11 is 1.51. The molecule has 3 rings (SSSR count). The van der Waals surface area contributed by atoms with Crippen LogP contribution in [0.1, 0.15) is 72.5 Å². The first-order chi connectivity index (χ1) is 10.8. The van der Waals surface area contributed by atoms with Gasteiger partial charge in [0.25, 0.3) is 0 Å². The third kappa shape index (κ3) is 3.54. The van der Waals surface area contributed by atoms with E-state index in [-0.39, 0.29) is 6.04 Å². The van der Waals surface area contributed by atoms with E-state index in [1.807, 2.05) is 19.1 Å². The number of nitriles is 1. The van der Waals surface area contributed by atoms with E-state index in [1.54, 1.807) is 0 Å². The summed E-state index contributed by atoms with van der Waals surface area (Å²) in [7, 11) is 0. The van der Waals surface area contributed by atoms with Crippen LogP contribution in [-0.2, 0) is 6.54 Å². The molecule has 0 saturated heterocycles. The van der Waals surface area contributed by atoms with Crippen LogP contribution in [0.4, 0.5) is 0 Å². The standard InChI is InChI=1S/C16H20N4OS/c1-11(18-10-14-8-7-13(9-17)22-14)16-19-15(20-21-16)12-5-3-2-4-6-12/h7-8,11-12,18H,2-6,10H2,1H3. The highest BCUT2D eigenvalue weighted by atomic mass is 32.1. The number of hydrogen-bond donors (Lipinski definition) is 1. The number of aromatic nitrogens is 2. The largest absolute Gasteiger partial charge is 0.338 e. The van der Waals surface area contributed by atoms with Crippen LogP contribution in [0.2, 0.25) is 0 Å². The lowest BCUT2D eigenvalue weighted by Crippen LogP contribution is -2.18. The van der Waals surface area contributed by atoms with Crippen LogP contribution < -0.4 is 5.32 Å².